The molecule has 0 radical (unpaired) electrons. The number of carbonyl (C=O) groups excluding carboxylic acids is 3. The summed E-state index contributed by atoms with van der Waals surface area (Å²) in [5.41, 5.74) is 5.45. The number of primary amides is 1. The Morgan fingerprint density at radius 2 is 1.95 bits per heavy atom. The molecule has 1 aromatic rings. The first-order valence-electron chi connectivity index (χ1n) is 6.35. The second-order valence-corrected chi connectivity index (χ2v) is 4.15. The van der Waals surface area contributed by atoms with E-state index in [0.29, 0.717) is 12.1 Å². The summed E-state index contributed by atoms with van der Waals surface area (Å²) >= 11 is 0. The van der Waals surface area contributed by atoms with Gasteiger partial charge in [0.1, 0.15) is 5.69 Å². The summed E-state index contributed by atoms with van der Waals surface area (Å²) in [6.07, 6.45) is 2.36. The van der Waals surface area contributed by atoms with Crippen LogP contribution >= 0.6 is 0 Å². The molecule has 0 aliphatic carbocycles. The molecule has 0 atom stereocenters. The molecular formula is C13H18N4O3. The number of nitrogens with two attached hydrogens (primary N) is 1. The van der Waals surface area contributed by atoms with Gasteiger partial charge in [0.25, 0.3) is 11.8 Å². The van der Waals surface area contributed by atoms with Crippen LogP contribution < -0.4 is 16.4 Å². The van der Waals surface area contributed by atoms with Gasteiger partial charge >= 0.3 is 0 Å². The maximum Gasteiger partial charge on any atom is 0.267 e. The minimum Gasteiger partial charge on any atom is -0.364 e. The molecular weight excluding hydrogens is 260 g/mol. The number of carbonyl (C=O) groups is 3. The molecule has 4 N–H and O–H groups in total. The van der Waals surface area contributed by atoms with Crippen molar-refractivity contribution in [2.75, 3.05) is 13.1 Å². The van der Waals surface area contributed by atoms with Gasteiger partial charge in [-0.3, -0.25) is 19.4 Å². The molecule has 1 rings (SSSR count). The standard InChI is InChI=1S/C13H18N4O3/c1-2-6-15-11(18)5-7-16-13(20)9-3-4-10(12(14)19)17-8-9/h3-4,8H,2,5-7H2,1H3,(H2,14,19)(H,15,18)(H,16,20). The predicted octanol–water partition coefficient (Wildman–Crippen LogP) is -0.173. The maximum atomic E-state index is 11.7. The van der Waals surface area contributed by atoms with Gasteiger partial charge in [-0.15, -0.1) is 0 Å². The molecule has 20 heavy (non-hydrogen) atoms. The number of amides is 3. The Labute approximate surface area is 116 Å². The van der Waals surface area contributed by atoms with Gasteiger partial charge in [-0.25, -0.2) is 0 Å². The summed E-state index contributed by atoms with van der Waals surface area (Å²) in [6, 6.07) is 2.84. The number of nitrogens with zero attached hydrogens (tertiary/aromatic N) is 1. The van der Waals surface area contributed by atoms with Crippen molar-refractivity contribution >= 4 is 17.7 Å². The highest BCUT2D eigenvalue weighted by Gasteiger charge is 2.08. The summed E-state index contributed by atoms with van der Waals surface area (Å²) in [7, 11) is 0. The molecule has 0 aliphatic rings. The molecule has 3 amide bonds. The van der Waals surface area contributed by atoms with E-state index < -0.39 is 5.91 Å². The van der Waals surface area contributed by atoms with E-state index in [-0.39, 0.29) is 30.5 Å². The predicted molar refractivity (Wildman–Crippen MR) is 73.0 cm³/mol. The van der Waals surface area contributed by atoms with E-state index >= 15 is 0 Å². The first kappa shape index (κ1) is 15.6. The van der Waals surface area contributed by atoms with Crippen molar-refractivity contribution in [3.63, 3.8) is 0 Å². The molecule has 0 bridgehead atoms. The summed E-state index contributed by atoms with van der Waals surface area (Å²) in [4.78, 5) is 37.6. The Balaban J connectivity index is 2.39. The highest BCUT2D eigenvalue weighted by Crippen LogP contribution is 1.99. The summed E-state index contributed by atoms with van der Waals surface area (Å²) < 4.78 is 0. The summed E-state index contributed by atoms with van der Waals surface area (Å²) in [6.45, 7) is 2.84. The normalized spacial score (nSPS) is 9.85. The lowest BCUT2D eigenvalue weighted by atomic mass is 10.2. The van der Waals surface area contributed by atoms with Crippen LogP contribution in [0.5, 0.6) is 0 Å². The van der Waals surface area contributed by atoms with Gasteiger partial charge in [-0.1, -0.05) is 6.92 Å². The van der Waals surface area contributed by atoms with Crippen molar-refractivity contribution in [3.05, 3.63) is 29.6 Å². The second-order valence-electron chi connectivity index (χ2n) is 4.15. The quantitative estimate of drug-likeness (QED) is 0.642. The molecule has 108 valence electrons. The monoisotopic (exact) mass is 278 g/mol. The van der Waals surface area contributed by atoms with Gasteiger partial charge in [0.05, 0.1) is 5.56 Å². The number of nitrogens with one attached hydrogen (secondary N) is 2. The molecule has 7 nitrogen and oxygen atoms in total. The number of hydrogen-bond acceptors (Lipinski definition) is 4. The summed E-state index contributed by atoms with van der Waals surface area (Å²) in [5, 5.41) is 5.31. The largest absolute Gasteiger partial charge is 0.364 e. The Morgan fingerprint density at radius 1 is 1.20 bits per heavy atom. The smallest absolute Gasteiger partial charge is 0.267 e. The highest BCUT2D eigenvalue weighted by atomic mass is 16.2. The van der Waals surface area contributed by atoms with Crippen LogP contribution in [0, 0.1) is 0 Å². The zero-order valence-electron chi connectivity index (χ0n) is 11.3. The van der Waals surface area contributed by atoms with E-state index in [1.54, 1.807) is 0 Å². The fraction of sp³-hybridized carbons (Fsp3) is 0.385. The molecule has 0 spiro atoms. The van der Waals surface area contributed by atoms with Crippen LogP contribution in [0.2, 0.25) is 0 Å². The van der Waals surface area contributed by atoms with Gasteiger partial charge in [0.15, 0.2) is 0 Å². The van der Waals surface area contributed by atoms with Gasteiger partial charge < -0.3 is 16.4 Å². The van der Waals surface area contributed by atoms with E-state index in [0.717, 1.165) is 6.42 Å². The molecule has 0 fully saturated rings. The molecule has 1 aromatic heterocycles. The van der Waals surface area contributed by atoms with Gasteiger partial charge in [-0.2, -0.15) is 0 Å². The SMILES string of the molecule is CCCNC(=O)CCNC(=O)c1ccc(C(N)=O)nc1. The van der Waals surface area contributed by atoms with Crippen LogP contribution in [0.4, 0.5) is 0 Å². The zero-order valence-corrected chi connectivity index (χ0v) is 11.3. The van der Waals surface area contributed by atoms with Crippen LogP contribution in [0.15, 0.2) is 18.3 Å². The van der Waals surface area contributed by atoms with E-state index in [9.17, 15) is 14.4 Å². The number of pyridine rings is 1. The third-order valence-corrected chi connectivity index (χ3v) is 2.49. The molecule has 0 aromatic carbocycles. The number of hydrogen-bond donors (Lipinski definition) is 3. The van der Waals surface area contributed by atoms with Crippen molar-refractivity contribution in [1.82, 2.24) is 15.6 Å². The van der Waals surface area contributed by atoms with E-state index in [1.165, 1.54) is 18.3 Å². The first-order valence-corrected chi connectivity index (χ1v) is 6.35. The van der Waals surface area contributed by atoms with Crippen molar-refractivity contribution in [1.29, 1.82) is 0 Å². The lowest BCUT2D eigenvalue weighted by Crippen LogP contribution is -2.31. The van der Waals surface area contributed by atoms with Crippen molar-refractivity contribution < 1.29 is 14.4 Å². The zero-order chi connectivity index (χ0) is 15.0. The van der Waals surface area contributed by atoms with Gasteiger partial charge in [0, 0.05) is 25.7 Å². The Kier molecular flexibility index (Phi) is 6.15. The highest BCUT2D eigenvalue weighted by molar-refractivity contribution is 5.95. The number of aromatic nitrogens is 1. The third-order valence-electron chi connectivity index (χ3n) is 2.49. The minimum atomic E-state index is -0.649. The van der Waals surface area contributed by atoms with E-state index in [1.807, 2.05) is 6.92 Å². The molecule has 0 saturated heterocycles. The lowest BCUT2D eigenvalue weighted by molar-refractivity contribution is -0.120. The van der Waals surface area contributed by atoms with Gasteiger partial charge in [0.2, 0.25) is 5.91 Å². The van der Waals surface area contributed by atoms with Crippen LogP contribution in [-0.4, -0.2) is 35.8 Å². The average molecular weight is 278 g/mol. The van der Waals surface area contributed by atoms with Crippen LogP contribution in [0.25, 0.3) is 0 Å². The van der Waals surface area contributed by atoms with Crippen LogP contribution in [0.1, 0.15) is 40.6 Å². The number of rotatable bonds is 7. The molecule has 7 heteroatoms. The van der Waals surface area contributed by atoms with Crippen molar-refractivity contribution in [3.8, 4) is 0 Å². The molecule has 0 saturated carbocycles. The minimum absolute atomic E-state index is 0.0977. The van der Waals surface area contributed by atoms with Crippen LogP contribution in [-0.2, 0) is 4.79 Å². The van der Waals surface area contributed by atoms with E-state index in [2.05, 4.69) is 15.6 Å². The molecule has 1 heterocycles. The molecule has 0 aliphatic heterocycles. The van der Waals surface area contributed by atoms with Crippen molar-refractivity contribution in [2.24, 2.45) is 5.73 Å². The Hall–Kier alpha value is -2.44. The maximum absolute atomic E-state index is 11.7. The fourth-order valence-electron chi connectivity index (χ4n) is 1.42. The van der Waals surface area contributed by atoms with Crippen LogP contribution in [0.3, 0.4) is 0 Å². The second kappa shape index (κ2) is 7.88. The van der Waals surface area contributed by atoms with Gasteiger partial charge in [-0.05, 0) is 18.6 Å². The first-order chi connectivity index (χ1) is 9.54. The Bertz CT molecular complexity index is 485. The summed E-state index contributed by atoms with van der Waals surface area (Å²) in [5.74, 6) is -1.10. The molecule has 0 unspecified atom stereocenters. The topological polar surface area (TPSA) is 114 Å². The van der Waals surface area contributed by atoms with Crippen molar-refractivity contribution in [2.45, 2.75) is 19.8 Å². The van der Waals surface area contributed by atoms with E-state index in [4.69, 9.17) is 5.73 Å². The third kappa shape index (κ3) is 5.05. The average Bonchev–Trinajstić information content (AvgIpc) is 2.45. The fourth-order valence-corrected chi connectivity index (χ4v) is 1.42. The Morgan fingerprint density at radius 3 is 2.50 bits per heavy atom. The lowest BCUT2D eigenvalue weighted by Gasteiger charge is -2.06.